The minimum atomic E-state index is 0.0472. The Bertz CT molecular complexity index is 830. The van der Waals surface area contributed by atoms with E-state index in [1.807, 2.05) is 54.6 Å². The summed E-state index contributed by atoms with van der Waals surface area (Å²) in [5.74, 6) is 0.0472. The summed E-state index contributed by atoms with van der Waals surface area (Å²) in [7, 11) is 0. The monoisotopic (exact) mass is 403 g/mol. The summed E-state index contributed by atoms with van der Waals surface area (Å²) >= 11 is 6.82. The minimum absolute atomic E-state index is 0.0472. The topological polar surface area (TPSA) is 30.0 Å². The number of aromatic nitrogens is 1. The van der Waals surface area contributed by atoms with Crippen LogP contribution in [-0.4, -0.2) is 10.8 Å². The van der Waals surface area contributed by atoms with Gasteiger partial charge in [-0.1, -0.05) is 56.1 Å². The lowest BCUT2D eigenvalue weighted by Crippen LogP contribution is -2.06. The molecule has 0 radical (unpaired) electrons. The van der Waals surface area contributed by atoms with Crippen LogP contribution in [0, 0.1) is 0 Å². The van der Waals surface area contributed by atoms with Crippen LogP contribution < -0.4 is 0 Å². The number of benzene rings is 2. The van der Waals surface area contributed by atoms with E-state index in [1.54, 1.807) is 0 Å². The van der Waals surface area contributed by atoms with Gasteiger partial charge >= 0.3 is 0 Å². The van der Waals surface area contributed by atoms with Gasteiger partial charge in [-0.25, -0.2) is 0 Å². The zero-order chi connectivity index (χ0) is 14.8. The van der Waals surface area contributed by atoms with Gasteiger partial charge in [0.05, 0.1) is 11.9 Å². The predicted octanol–water partition coefficient (Wildman–Crippen LogP) is 5.19. The molecule has 0 bridgehead atoms. The summed E-state index contributed by atoms with van der Waals surface area (Å²) in [6.45, 7) is 0. The highest BCUT2D eigenvalue weighted by Gasteiger charge is 2.12. The molecule has 2 nitrogen and oxygen atoms in total. The maximum absolute atomic E-state index is 12.4. The summed E-state index contributed by atoms with van der Waals surface area (Å²) in [6.07, 6.45) is 0.292. The highest BCUT2D eigenvalue weighted by molar-refractivity contribution is 9.11. The number of para-hydroxylation sites is 1. The van der Waals surface area contributed by atoms with Crippen LogP contribution in [0.3, 0.4) is 0 Å². The Balaban J connectivity index is 1.90. The van der Waals surface area contributed by atoms with Gasteiger partial charge in [-0.15, -0.1) is 0 Å². The van der Waals surface area contributed by atoms with Crippen LogP contribution in [-0.2, 0) is 6.42 Å². The molecule has 0 saturated heterocycles. The van der Waals surface area contributed by atoms with E-state index in [2.05, 4.69) is 36.8 Å². The van der Waals surface area contributed by atoms with Crippen LogP contribution in [0.5, 0.6) is 0 Å². The number of carbonyl (C=O) groups excluding carboxylic acids is 1. The Morgan fingerprint density at radius 3 is 2.67 bits per heavy atom. The van der Waals surface area contributed by atoms with Crippen LogP contribution in [0.15, 0.2) is 63.5 Å². The lowest BCUT2D eigenvalue weighted by atomic mass is 10.1. The highest BCUT2D eigenvalue weighted by atomic mass is 79.9. The number of fused-ring (bicyclic) bond motifs is 1. The fraction of sp³-hybridized carbons (Fsp3) is 0.0588. The quantitative estimate of drug-likeness (QED) is 0.562. The van der Waals surface area contributed by atoms with Gasteiger partial charge in [0, 0.05) is 25.6 Å². The molecule has 0 atom stereocenters. The molecule has 3 aromatic rings. The largest absolute Gasteiger partial charge is 0.294 e. The van der Waals surface area contributed by atoms with E-state index in [1.165, 1.54) is 0 Å². The Kier molecular flexibility index (Phi) is 4.17. The first-order chi connectivity index (χ1) is 10.1. The Hall–Kier alpha value is -1.52. The predicted molar refractivity (Wildman–Crippen MR) is 91.6 cm³/mol. The molecule has 4 heteroatoms. The SMILES string of the molecule is O=C(Cc1ccc2ccccc2n1)c1cc(Br)ccc1Br. The third-order valence-electron chi connectivity index (χ3n) is 3.23. The Morgan fingerprint density at radius 1 is 1.00 bits per heavy atom. The molecule has 0 aliphatic rings. The third-order valence-corrected chi connectivity index (χ3v) is 4.41. The second-order valence-corrected chi connectivity index (χ2v) is 6.49. The fourth-order valence-electron chi connectivity index (χ4n) is 2.18. The number of hydrogen-bond acceptors (Lipinski definition) is 2. The van der Waals surface area contributed by atoms with Gasteiger partial charge in [0.2, 0.25) is 0 Å². The Labute approximate surface area is 139 Å². The molecule has 104 valence electrons. The molecule has 0 saturated carbocycles. The first-order valence-electron chi connectivity index (χ1n) is 6.46. The van der Waals surface area contributed by atoms with E-state index < -0.39 is 0 Å². The average Bonchev–Trinajstić information content (AvgIpc) is 2.49. The second-order valence-electron chi connectivity index (χ2n) is 4.72. The summed E-state index contributed by atoms with van der Waals surface area (Å²) in [4.78, 5) is 17.0. The molecule has 0 unspecified atom stereocenters. The Morgan fingerprint density at radius 2 is 1.81 bits per heavy atom. The molecular weight excluding hydrogens is 394 g/mol. The molecule has 0 spiro atoms. The average molecular weight is 405 g/mol. The zero-order valence-corrected chi connectivity index (χ0v) is 14.2. The number of nitrogens with zero attached hydrogens (tertiary/aromatic N) is 1. The van der Waals surface area contributed by atoms with Crippen molar-refractivity contribution in [2.45, 2.75) is 6.42 Å². The van der Waals surface area contributed by atoms with E-state index >= 15 is 0 Å². The van der Waals surface area contributed by atoms with Crippen molar-refractivity contribution in [3.05, 3.63) is 74.8 Å². The van der Waals surface area contributed by atoms with Gasteiger partial charge in [0.1, 0.15) is 0 Å². The van der Waals surface area contributed by atoms with Crippen molar-refractivity contribution in [2.75, 3.05) is 0 Å². The molecule has 0 fully saturated rings. The van der Waals surface area contributed by atoms with Crippen LogP contribution in [0.2, 0.25) is 0 Å². The van der Waals surface area contributed by atoms with Gasteiger partial charge in [0.15, 0.2) is 5.78 Å². The molecule has 2 aromatic carbocycles. The molecule has 0 aliphatic heterocycles. The summed E-state index contributed by atoms with van der Waals surface area (Å²) < 4.78 is 1.69. The van der Waals surface area contributed by atoms with Crippen LogP contribution in [0.4, 0.5) is 0 Å². The number of halogens is 2. The molecule has 0 aliphatic carbocycles. The summed E-state index contributed by atoms with van der Waals surface area (Å²) in [6, 6.07) is 17.4. The van der Waals surface area contributed by atoms with E-state index in [0.29, 0.717) is 12.0 Å². The van der Waals surface area contributed by atoms with Crippen molar-refractivity contribution in [3.63, 3.8) is 0 Å². The summed E-state index contributed by atoms with van der Waals surface area (Å²) in [5.41, 5.74) is 2.36. The summed E-state index contributed by atoms with van der Waals surface area (Å²) in [5, 5.41) is 1.08. The van der Waals surface area contributed by atoms with Gasteiger partial charge in [0.25, 0.3) is 0 Å². The molecule has 3 rings (SSSR count). The molecule has 0 N–H and O–H groups in total. The van der Waals surface area contributed by atoms with Crippen molar-refractivity contribution in [1.29, 1.82) is 0 Å². The standard InChI is InChI=1S/C17H11Br2NO/c18-12-6-8-15(19)14(9-12)17(21)10-13-7-5-11-3-1-2-4-16(11)20-13/h1-9H,10H2. The number of carbonyl (C=O) groups is 1. The lowest BCUT2D eigenvalue weighted by Gasteiger charge is -2.05. The first kappa shape index (κ1) is 14.4. The number of rotatable bonds is 3. The van der Waals surface area contributed by atoms with Crippen molar-refractivity contribution in [2.24, 2.45) is 0 Å². The maximum Gasteiger partial charge on any atom is 0.169 e. The second kappa shape index (κ2) is 6.08. The van der Waals surface area contributed by atoms with Crippen molar-refractivity contribution < 1.29 is 4.79 Å². The third kappa shape index (κ3) is 3.22. The van der Waals surface area contributed by atoms with Gasteiger partial charge in [-0.05, 0) is 30.3 Å². The van der Waals surface area contributed by atoms with Crippen LogP contribution in [0.25, 0.3) is 10.9 Å². The van der Waals surface area contributed by atoms with Crippen molar-refractivity contribution in [3.8, 4) is 0 Å². The van der Waals surface area contributed by atoms with Crippen molar-refractivity contribution in [1.82, 2.24) is 4.98 Å². The molecule has 21 heavy (non-hydrogen) atoms. The fourth-order valence-corrected chi connectivity index (χ4v) is 3.01. The zero-order valence-electron chi connectivity index (χ0n) is 11.0. The molecule has 0 amide bonds. The minimum Gasteiger partial charge on any atom is -0.294 e. The lowest BCUT2D eigenvalue weighted by molar-refractivity contribution is 0.0991. The smallest absolute Gasteiger partial charge is 0.169 e. The normalized spacial score (nSPS) is 10.8. The number of Topliss-reactive ketones (excluding diaryl/α,β-unsaturated/α-hetero) is 1. The molecular formula is C17H11Br2NO. The molecule has 1 aromatic heterocycles. The van der Waals surface area contributed by atoms with Crippen molar-refractivity contribution >= 4 is 48.5 Å². The number of pyridine rings is 1. The van der Waals surface area contributed by atoms with E-state index in [0.717, 1.165) is 25.5 Å². The number of hydrogen-bond donors (Lipinski definition) is 0. The van der Waals surface area contributed by atoms with E-state index in [9.17, 15) is 4.79 Å². The first-order valence-corrected chi connectivity index (χ1v) is 8.05. The number of ketones is 1. The van der Waals surface area contributed by atoms with E-state index in [-0.39, 0.29) is 5.78 Å². The molecule has 1 heterocycles. The van der Waals surface area contributed by atoms with E-state index in [4.69, 9.17) is 0 Å². The van der Waals surface area contributed by atoms with Gasteiger partial charge in [-0.2, -0.15) is 0 Å². The van der Waals surface area contributed by atoms with Gasteiger partial charge < -0.3 is 0 Å². The van der Waals surface area contributed by atoms with Crippen LogP contribution in [0.1, 0.15) is 16.1 Å². The van der Waals surface area contributed by atoms with Crippen LogP contribution >= 0.6 is 31.9 Å². The highest BCUT2D eigenvalue weighted by Crippen LogP contribution is 2.23. The van der Waals surface area contributed by atoms with Gasteiger partial charge in [-0.3, -0.25) is 9.78 Å². The maximum atomic E-state index is 12.4.